The van der Waals surface area contributed by atoms with E-state index in [0.29, 0.717) is 41.5 Å². The Bertz CT molecular complexity index is 1820. The first-order chi connectivity index (χ1) is 20.0. The molecule has 9 nitrogen and oxygen atoms in total. The number of nitrogens with one attached hydrogen (secondary N) is 2. The van der Waals surface area contributed by atoms with E-state index in [4.69, 9.17) is 4.42 Å². The summed E-state index contributed by atoms with van der Waals surface area (Å²) in [6.07, 6.45) is 1.19. The number of sulfonamides is 2. The maximum Gasteiger partial charge on any atom is 0.255 e. The van der Waals surface area contributed by atoms with Crippen LogP contribution in [0, 0.1) is 5.82 Å². The highest BCUT2D eigenvalue weighted by atomic mass is 32.2. The minimum Gasteiger partial charge on any atom is -0.455 e. The number of hydrogen-bond acceptors (Lipinski definition) is 6. The molecule has 3 aromatic carbocycles. The summed E-state index contributed by atoms with van der Waals surface area (Å²) in [6.45, 7) is 2.02. The Morgan fingerprint density at radius 1 is 1.05 bits per heavy atom. The summed E-state index contributed by atoms with van der Waals surface area (Å²) in [7, 11) is -5.88. The molecular formula is C30H32FN3O6S2. The summed E-state index contributed by atoms with van der Waals surface area (Å²) < 4.78 is 76.0. The highest BCUT2D eigenvalue weighted by molar-refractivity contribution is 7.92. The van der Waals surface area contributed by atoms with Gasteiger partial charge < -0.3 is 9.73 Å². The zero-order valence-corrected chi connectivity index (χ0v) is 24.9. The monoisotopic (exact) mass is 613 g/mol. The van der Waals surface area contributed by atoms with Gasteiger partial charge in [0.1, 0.15) is 17.2 Å². The van der Waals surface area contributed by atoms with E-state index in [1.165, 1.54) is 48.6 Å². The fourth-order valence-electron chi connectivity index (χ4n) is 5.31. The molecule has 4 aromatic rings. The van der Waals surface area contributed by atoms with E-state index in [2.05, 4.69) is 10.0 Å². The van der Waals surface area contributed by atoms with E-state index >= 15 is 0 Å². The van der Waals surface area contributed by atoms with Gasteiger partial charge in [-0.05, 0) is 67.1 Å². The number of hydrogen-bond donors (Lipinski definition) is 2. The van der Waals surface area contributed by atoms with Crippen molar-refractivity contribution in [2.45, 2.75) is 31.4 Å². The predicted molar refractivity (Wildman–Crippen MR) is 161 cm³/mol. The summed E-state index contributed by atoms with van der Waals surface area (Å²) in [6, 6.07) is 17.7. The topological polar surface area (TPSA) is 126 Å². The molecule has 0 radical (unpaired) electrons. The Morgan fingerprint density at radius 3 is 2.43 bits per heavy atom. The highest BCUT2D eigenvalue weighted by Gasteiger charge is 2.33. The third-order valence-electron chi connectivity index (χ3n) is 7.48. The fraction of sp³-hybridized carbons (Fsp3) is 0.300. The van der Waals surface area contributed by atoms with E-state index < -0.39 is 31.8 Å². The molecule has 1 fully saturated rings. The molecule has 42 heavy (non-hydrogen) atoms. The number of amides is 1. The summed E-state index contributed by atoms with van der Waals surface area (Å²) in [5.74, 6) is -1.34. The Morgan fingerprint density at radius 2 is 1.76 bits per heavy atom. The lowest BCUT2D eigenvalue weighted by Crippen LogP contribution is -2.40. The molecule has 0 saturated carbocycles. The smallest absolute Gasteiger partial charge is 0.255 e. The molecule has 0 unspecified atom stereocenters. The number of halogens is 1. The van der Waals surface area contributed by atoms with Crippen molar-refractivity contribution in [2.24, 2.45) is 0 Å². The van der Waals surface area contributed by atoms with Crippen LogP contribution in [0.2, 0.25) is 0 Å². The minimum atomic E-state index is -3.71. The second-order valence-electron chi connectivity index (χ2n) is 10.3. The average Bonchev–Trinajstić information content (AvgIpc) is 3.35. The average molecular weight is 614 g/mol. The lowest BCUT2D eigenvalue weighted by Gasteiger charge is -2.33. The van der Waals surface area contributed by atoms with Crippen LogP contribution in [0.1, 0.15) is 47.2 Å². The number of carbonyl (C=O) groups excluding carboxylic acids is 1. The van der Waals surface area contributed by atoms with Crippen LogP contribution in [0.4, 0.5) is 10.1 Å². The number of carbonyl (C=O) groups is 1. The van der Waals surface area contributed by atoms with Crippen molar-refractivity contribution in [3.05, 3.63) is 89.2 Å². The normalized spacial score (nSPS) is 16.4. The predicted octanol–water partition coefficient (Wildman–Crippen LogP) is 5.07. The van der Waals surface area contributed by atoms with E-state index in [-0.39, 0.29) is 46.6 Å². The van der Waals surface area contributed by atoms with Crippen molar-refractivity contribution >= 4 is 42.6 Å². The summed E-state index contributed by atoms with van der Waals surface area (Å²) in [4.78, 5) is 13.1. The minimum absolute atomic E-state index is 0.140. The summed E-state index contributed by atoms with van der Waals surface area (Å²) in [5, 5.41) is 3.06. The Hall–Kier alpha value is -3.74. The van der Waals surface area contributed by atoms with Crippen molar-refractivity contribution < 1.29 is 30.4 Å². The van der Waals surface area contributed by atoms with Crippen LogP contribution in [0.25, 0.3) is 22.3 Å². The molecule has 1 saturated heterocycles. The van der Waals surface area contributed by atoms with Crippen molar-refractivity contribution in [3.8, 4) is 11.3 Å². The summed E-state index contributed by atoms with van der Waals surface area (Å²) >= 11 is 0. The number of furan rings is 1. The molecule has 1 atom stereocenters. The summed E-state index contributed by atoms with van der Waals surface area (Å²) in [5.41, 5.74) is 2.46. The molecule has 1 aliphatic rings. The van der Waals surface area contributed by atoms with Gasteiger partial charge in [-0.3, -0.25) is 9.52 Å². The molecule has 0 bridgehead atoms. The molecule has 222 valence electrons. The number of benzene rings is 3. The van der Waals surface area contributed by atoms with Crippen LogP contribution in [-0.4, -0.2) is 52.9 Å². The first-order valence-electron chi connectivity index (χ1n) is 13.6. The maximum atomic E-state index is 13.7. The van der Waals surface area contributed by atoms with Gasteiger partial charge in [0.2, 0.25) is 20.0 Å². The van der Waals surface area contributed by atoms with Crippen LogP contribution in [0.15, 0.2) is 71.1 Å². The van der Waals surface area contributed by atoms with Gasteiger partial charge in [0.15, 0.2) is 0 Å². The van der Waals surface area contributed by atoms with E-state index in [0.717, 1.165) is 0 Å². The van der Waals surface area contributed by atoms with E-state index in [9.17, 15) is 26.0 Å². The molecule has 1 aliphatic heterocycles. The quantitative estimate of drug-likeness (QED) is 0.272. The third-order valence-corrected chi connectivity index (χ3v) is 10.6. The number of fused-ring (bicyclic) bond motifs is 1. The molecule has 1 amide bonds. The van der Waals surface area contributed by atoms with Gasteiger partial charge in [0.05, 0.1) is 22.8 Å². The molecule has 12 heteroatoms. The zero-order chi connectivity index (χ0) is 30.1. The van der Waals surface area contributed by atoms with Crippen molar-refractivity contribution in [1.82, 2.24) is 9.62 Å². The van der Waals surface area contributed by atoms with Gasteiger partial charge in [-0.2, -0.15) is 0 Å². The molecule has 1 aromatic heterocycles. The Kier molecular flexibility index (Phi) is 8.40. The lowest BCUT2D eigenvalue weighted by atomic mass is 9.89. The number of anilines is 1. The van der Waals surface area contributed by atoms with Crippen molar-refractivity contribution in [2.75, 3.05) is 30.6 Å². The SMILES string of the molecule is CCS(=O)(=O)Nc1cc2oc(-c3ccc(F)cc3)c(C(=O)NC)c2cc1[C@@H]1CCCN(S(=O)(=O)Cc2ccccc2)C1. The van der Waals surface area contributed by atoms with Gasteiger partial charge in [0.25, 0.3) is 5.91 Å². The lowest BCUT2D eigenvalue weighted by molar-refractivity contribution is 0.0964. The second-order valence-corrected chi connectivity index (χ2v) is 14.3. The number of nitrogens with zero attached hydrogens (tertiary/aromatic N) is 1. The molecule has 5 rings (SSSR count). The Balaban J connectivity index is 1.62. The van der Waals surface area contributed by atoms with Crippen LogP contribution >= 0.6 is 0 Å². The second kappa shape index (κ2) is 11.9. The first kappa shape index (κ1) is 29.7. The van der Waals surface area contributed by atoms with Crippen molar-refractivity contribution in [3.63, 3.8) is 0 Å². The number of rotatable bonds is 9. The largest absolute Gasteiger partial charge is 0.455 e. The van der Waals surface area contributed by atoms with Crippen LogP contribution < -0.4 is 10.0 Å². The van der Waals surface area contributed by atoms with Crippen LogP contribution in [0.5, 0.6) is 0 Å². The molecule has 2 N–H and O–H groups in total. The van der Waals surface area contributed by atoms with Gasteiger partial charge in [-0.25, -0.2) is 25.5 Å². The van der Waals surface area contributed by atoms with Gasteiger partial charge in [-0.15, -0.1) is 0 Å². The zero-order valence-electron chi connectivity index (χ0n) is 23.3. The molecule has 0 aliphatic carbocycles. The van der Waals surface area contributed by atoms with Gasteiger partial charge in [-0.1, -0.05) is 30.3 Å². The van der Waals surface area contributed by atoms with E-state index in [1.807, 2.05) is 6.07 Å². The van der Waals surface area contributed by atoms with Crippen LogP contribution in [0.3, 0.4) is 0 Å². The fourth-order valence-corrected chi connectivity index (χ4v) is 7.57. The number of piperidine rings is 1. The highest BCUT2D eigenvalue weighted by Crippen LogP contribution is 2.41. The Labute approximate surface area is 244 Å². The molecular weight excluding hydrogens is 581 g/mol. The van der Waals surface area contributed by atoms with Crippen molar-refractivity contribution in [1.29, 1.82) is 0 Å². The van der Waals surface area contributed by atoms with Gasteiger partial charge >= 0.3 is 0 Å². The maximum absolute atomic E-state index is 13.7. The van der Waals surface area contributed by atoms with Crippen LogP contribution in [-0.2, 0) is 25.8 Å². The first-order valence-corrected chi connectivity index (χ1v) is 16.9. The molecule has 2 heterocycles. The van der Waals surface area contributed by atoms with E-state index in [1.54, 1.807) is 30.3 Å². The van der Waals surface area contributed by atoms with Gasteiger partial charge in [0, 0.05) is 37.2 Å². The molecule has 0 spiro atoms. The third kappa shape index (κ3) is 6.20. The standard InChI is InChI=1S/C30H32FN3O6S2/c1-3-41(36,37)33-26-17-27-25(28(30(35)32-2)29(40-27)21-11-13-23(31)14-12-21)16-24(26)22-10-7-15-34(18-22)42(38,39)19-20-8-5-4-6-9-20/h4-6,8-9,11-14,16-17,22,33H,3,7,10,15,18-19H2,1-2H3,(H,32,35)/t22-/m1/s1.